The van der Waals surface area contributed by atoms with E-state index in [1.807, 2.05) is 6.07 Å². The molecular weight excluding hydrogens is 296 g/mol. The minimum atomic E-state index is -0.859. The van der Waals surface area contributed by atoms with Gasteiger partial charge < -0.3 is 9.47 Å². The fourth-order valence-corrected chi connectivity index (χ4v) is 1.62. The van der Waals surface area contributed by atoms with Crippen molar-refractivity contribution in [1.82, 2.24) is 0 Å². The highest BCUT2D eigenvalue weighted by atomic mass is 16.6. The number of amides is 2. The second-order valence-electron chi connectivity index (χ2n) is 6.96. The molecule has 0 spiro atoms. The van der Waals surface area contributed by atoms with Crippen LogP contribution in [0.1, 0.15) is 47.1 Å². The third-order valence-electron chi connectivity index (χ3n) is 2.39. The van der Waals surface area contributed by atoms with Crippen molar-refractivity contribution < 1.29 is 19.1 Å². The van der Waals surface area contributed by atoms with Crippen molar-refractivity contribution in [2.75, 3.05) is 4.90 Å². The normalized spacial score (nSPS) is 11.3. The highest BCUT2D eigenvalue weighted by Gasteiger charge is 2.32. The van der Waals surface area contributed by atoms with Crippen LogP contribution in [-0.2, 0) is 9.47 Å². The Morgan fingerprint density at radius 2 is 1.48 bits per heavy atom. The average Bonchev–Trinajstić information content (AvgIpc) is 2.34. The van der Waals surface area contributed by atoms with E-state index in [2.05, 4.69) is 0 Å². The zero-order valence-electron chi connectivity index (χ0n) is 14.3. The van der Waals surface area contributed by atoms with Crippen LogP contribution in [0.25, 0.3) is 0 Å². The molecule has 1 rings (SSSR count). The van der Waals surface area contributed by atoms with Crippen molar-refractivity contribution in [1.29, 1.82) is 5.26 Å². The number of nitrogens with zero attached hydrogens (tertiary/aromatic N) is 2. The van der Waals surface area contributed by atoms with E-state index >= 15 is 0 Å². The van der Waals surface area contributed by atoms with E-state index < -0.39 is 23.4 Å². The van der Waals surface area contributed by atoms with Crippen molar-refractivity contribution in [2.45, 2.75) is 52.7 Å². The molecule has 0 bridgehead atoms. The first-order valence-corrected chi connectivity index (χ1v) is 7.19. The van der Waals surface area contributed by atoms with Gasteiger partial charge in [-0.3, -0.25) is 0 Å². The van der Waals surface area contributed by atoms with Gasteiger partial charge in [0.2, 0.25) is 0 Å². The molecular formula is C17H22N2O4. The Labute approximate surface area is 136 Å². The number of imide groups is 1. The Hall–Kier alpha value is -2.55. The van der Waals surface area contributed by atoms with Crippen LogP contribution in [-0.4, -0.2) is 23.4 Å². The molecule has 0 saturated carbocycles. The summed E-state index contributed by atoms with van der Waals surface area (Å²) in [6.45, 7) is 10.2. The average molecular weight is 318 g/mol. The largest absolute Gasteiger partial charge is 0.443 e. The zero-order valence-corrected chi connectivity index (χ0v) is 14.3. The summed E-state index contributed by atoms with van der Waals surface area (Å²) in [5, 5.41) is 8.99. The first kappa shape index (κ1) is 18.5. The highest BCUT2D eigenvalue weighted by Crippen LogP contribution is 2.22. The van der Waals surface area contributed by atoms with Crippen molar-refractivity contribution in [2.24, 2.45) is 0 Å². The van der Waals surface area contributed by atoms with Gasteiger partial charge in [-0.1, -0.05) is 6.07 Å². The molecule has 0 N–H and O–H groups in total. The monoisotopic (exact) mass is 318 g/mol. The van der Waals surface area contributed by atoms with Crippen molar-refractivity contribution in [3.05, 3.63) is 29.8 Å². The highest BCUT2D eigenvalue weighted by molar-refractivity contribution is 6.09. The topological polar surface area (TPSA) is 79.6 Å². The number of carbonyl (C=O) groups is 2. The summed E-state index contributed by atoms with van der Waals surface area (Å²) in [5.74, 6) is 0. The lowest BCUT2D eigenvalue weighted by atomic mass is 10.2. The molecule has 23 heavy (non-hydrogen) atoms. The second kappa shape index (κ2) is 6.69. The maximum absolute atomic E-state index is 12.4. The number of carbonyl (C=O) groups excluding carboxylic acids is 2. The standard InChI is InChI=1S/C17H22N2O4/c1-16(2,3)22-14(20)19(15(21)23-17(4,5)6)13-9-7-8-12(10-13)11-18/h7-10H,1-6H3. The summed E-state index contributed by atoms with van der Waals surface area (Å²) in [4.78, 5) is 25.6. The third-order valence-corrected chi connectivity index (χ3v) is 2.39. The lowest BCUT2D eigenvalue weighted by molar-refractivity contribution is 0.0431. The Bertz CT molecular complexity index is 605. The fraction of sp³-hybridized carbons (Fsp3) is 0.471. The van der Waals surface area contributed by atoms with E-state index in [0.29, 0.717) is 5.56 Å². The molecule has 1 aromatic rings. The van der Waals surface area contributed by atoms with Crippen LogP contribution >= 0.6 is 0 Å². The number of ether oxygens (including phenoxy) is 2. The van der Waals surface area contributed by atoms with E-state index in [1.54, 1.807) is 53.7 Å². The Morgan fingerprint density at radius 1 is 1.00 bits per heavy atom. The number of rotatable bonds is 1. The van der Waals surface area contributed by atoms with Gasteiger partial charge in [0, 0.05) is 0 Å². The molecule has 0 heterocycles. The van der Waals surface area contributed by atoms with Crippen molar-refractivity contribution in [3.8, 4) is 6.07 Å². The van der Waals surface area contributed by atoms with Crippen LogP contribution in [0.2, 0.25) is 0 Å². The first-order chi connectivity index (χ1) is 10.4. The molecule has 124 valence electrons. The zero-order chi connectivity index (χ0) is 17.8. The van der Waals surface area contributed by atoms with E-state index in [4.69, 9.17) is 14.7 Å². The van der Waals surface area contributed by atoms with E-state index in [9.17, 15) is 9.59 Å². The molecule has 0 unspecified atom stereocenters. The quantitative estimate of drug-likeness (QED) is 0.774. The molecule has 1 aromatic carbocycles. The number of nitriles is 1. The minimum absolute atomic E-state index is 0.215. The van der Waals surface area contributed by atoms with Crippen LogP contribution in [0.4, 0.5) is 15.3 Å². The summed E-state index contributed by atoms with van der Waals surface area (Å²) < 4.78 is 10.5. The van der Waals surface area contributed by atoms with Crippen LogP contribution < -0.4 is 4.90 Å². The van der Waals surface area contributed by atoms with E-state index in [1.165, 1.54) is 12.1 Å². The molecule has 0 aromatic heterocycles. The molecule has 2 amide bonds. The van der Waals surface area contributed by atoms with E-state index in [-0.39, 0.29) is 5.69 Å². The predicted octanol–water partition coefficient (Wildman–Crippen LogP) is 4.23. The summed E-state index contributed by atoms with van der Waals surface area (Å²) in [7, 11) is 0. The summed E-state index contributed by atoms with van der Waals surface area (Å²) >= 11 is 0. The number of benzene rings is 1. The molecule has 0 aliphatic rings. The summed E-state index contributed by atoms with van der Waals surface area (Å²) in [6, 6.07) is 8.08. The smallest absolute Gasteiger partial charge is 0.424 e. The van der Waals surface area contributed by atoms with Gasteiger partial charge in [-0.05, 0) is 59.7 Å². The molecule has 0 aliphatic heterocycles. The summed E-state index contributed by atoms with van der Waals surface area (Å²) in [6.07, 6.45) is -1.72. The maximum atomic E-state index is 12.4. The molecule has 6 nitrogen and oxygen atoms in total. The van der Waals surface area contributed by atoms with E-state index in [0.717, 1.165) is 4.90 Å². The van der Waals surface area contributed by atoms with Gasteiger partial charge >= 0.3 is 12.2 Å². The number of anilines is 1. The van der Waals surface area contributed by atoms with Crippen LogP contribution in [0.5, 0.6) is 0 Å². The lowest BCUT2D eigenvalue weighted by Gasteiger charge is -2.28. The lowest BCUT2D eigenvalue weighted by Crippen LogP contribution is -2.43. The van der Waals surface area contributed by atoms with Gasteiger partial charge in [0.05, 0.1) is 17.3 Å². The second-order valence-corrected chi connectivity index (χ2v) is 6.96. The van der Waals surface area contributed by atoms with Gasteiger partial charge in [-0.15, -0.1) is 0 Å². The molecule has 0 saturated heterocycles. The molecule has 0 fully saturated rings. The maximum Gasteiger partial charge on any atom is 0.424 e. The predicted molar refractivity (Wildman–Crippen MR) is 86.1 cm³/mol. The van der Waals surface area contributed by atoms with Gasteiger partial charge in [-0.25, -0.2) is 9.59 Å². The van der Waals surface area contributed by atoms with Crippen molar-refractivity contribution >= 4 is 17.9 Å². The molecule has 0 aliphatic carbocycles. The molecule has 0 atom stereocenters. The van der Waals surface area contributed by atoms with Gasteiger partial charge in [-0.2, -0.15) is 10.2 Å². The Kier molecular flexibility index (Phi) is 5.38. The Balaban J connectivity index is 3.23. The molecule has 6 heteroatoms. The number of hydrogen-bond donors (Lipinski definition) is 0. The van der Waals surface area contributed by atoms with Crippen molar-refractivity contribution in [3.63, 3.8) is 0 Å². The van der Waals surface area contributed by atoms with Gasteiger partial charge in [0.1, 0.15) is 11.2 Å². The number of hydrogen-bond acceptors (Lipinski definition) is 5. The van der Waals surface area contributed by atoms with Crippen LogP contribution in [0, 0.1) is 11.3 Å². The van der Waals surface area contributed by atoms with Crippen LogP contribution in [0.3, 0.4) is 0 Å². The van der Waals surface area contributed by atoms with Gasteiger partial charge in [0.25, 0.3) is 0 Å². The SMILES string of the molecule is CC(C)(C)OC(=O)N(C(=O)OC(C)(C)C)c1cccc(C#N)c1. The van der Waals surface area contributed by atoms with Gasteiger partial charge in [0.15, 0.2) is 0 Å². The first-order valence-electron chi connectivity index (χ1n) is 7.19. The fourth-order valence-electron chi connectivity index (χ4n) is 1.62. The van der Waals surface area contributed by atoms with Crippen LogP contribution in [0.15, 0.2) is 24.3 Å². The molecule has 0 radical (unpaired) electrons. The Morgan fingerprint density at radius 3 is 1.87 bits per heavy atom. The third kappa shape index (κ3) is 5.99. The summed E-state index contributed by atoms with van der Waals surface area (Å²) in [5.41, 5.74) is -1.01. The minimum Gasteiger partial charge on any atom is -0.443 e.